The average Bonchev–Trinajstić information content (AvgIpc) is 2.71. The maximum Gasteiger partial charge on any atom is 0.251 e. The van der Waals surface area contributed by atoms with Crippen LogP contribution in [0.1, 0.15) is 47.4 Å². The number of nitrogens with one attached hydrogen (secondary N) is 1. The second-order valence-electron chi connectivity index (χ2n) is 7.79. The number of fused-ring (bicyclic) bond motifs is 3. The van der Waals surface area contributed by atoms with Crippen LogP contribution in [0.3, 0.4) is 0 Å². The Balaban J connectivity index is 1.43. The van der Waals surface area contributed by atoms with Gasteiger partial charge in [0.2, 0.25) is 0 Å². The monoisotopic (exact) mass is 378 g/mol. The summed E-state index contributed by atoms with van der Waals surface area (Å²) in [5.41, 5.74) is 1.16. The third-order valence-electron chi connectivity index (χ3n) is 6.09. The van der Waals surface area contributed by atoms with Gasteiger partial charge in [0.05, 0.1) is 5.56 Å². The minimum Gasteiger partial charge on any atom is -0.457 e. The number of amides is 1. The van der Waals surface area contributed by atoms with E-state index >= 15 is 0 Å². The second kappa shape index (κ2) is 7.76. The lowest BCUT2D eigenvalue weighted by molar-refractivity contribution is 0.0217. The van der Waals surface area contributed by atoms with Crippen LogP contribution in [-0.4, -0.2) is 41.8 Å². The van der Waals surface area contributed by atoms with Crippen LogP contribution in [-0.2, 0) is 0 Å². The molecule has 1 N–H and O–H groups in total. The molecular formula is C23H26N2O3. The number of ether oxygens (including phenoxy) is 1. The third kappa shape index (κ3) is 3.67. The smallest absolute Gasteiger partial charge is 0.251 e. The van der Waals surface area contributed by atoms with E-state index in [0.717, 1.165) is 25.9 Å². The maximum absolute atomic E-state index is 12.7. The highest BCUT2D eigenvalue weighted by molar-refractivity contribution is 5.97. The number of carbonyl (C=O) groups excluding carboxylic acids is 2. The molecule has 5 heteroatoms. The van der Waals surface area contributed by atoms with E-state index < -0.39 is 0 Å². The number of ketones is 1. The summed E-state index contributed by atoms with van der Waals surface area (Å²) in [5.74, 6) is 1.61. The largest absolute Gasteiger partial charge is 0.457 e. The van der Waals surface area contributed by atoms with E-state index in [4.69, 9.17) is 4.74 Å². The van der Waals surface area contributed by atoms with E-state index in [-0.39, 0.29) is 17.7 Å². The first kappa shape index (κ1) is 18.7. The number of piperidine rings is 3. The molecule has 0 saturated carbocycles. The number of rotatable bonds is 5. The number of para-hydroxylation sites is 1. The summed E-state index contributed by atoms with van der Waals surface area (Å²) in [6, 6.07) is 14.8. The van der Waals surface area contributed by atoms with Crippen LogP contribution < -0.4 is 10.1 Å². The lowest BCUT2D eigenvalue weighted by Gasteiger charge is -2.49. The molecule has 3 aliphatic heterocycles. The molecule has 3 saturated heterocycles. The zero-order valence-electron chi connectivity index (χ0n) is 16.4. The Morgan fingerprint density at radius 3 is 2.36 bits per heavy atom. The SMILES string of the molecule is CC(=O)c1ccccc1Oc1ccc(C(=O)NC2C3CCN(CC3)C2C)cc1. The summed E-state index contributed by atoms with van der Waals surface area (Å²) < 4.78 is 5.85. The first-order valence-electron chi connectivity index (χ1n) is 9.96. The van der Waals surface area contributed by atoms with Gasteiger partial charge < -0.3 is 10.1 Å². The van der Waals surface area contributed by atoms with Gasteiger partial charge in [-0.1, -0.05) is 12.1 Å². The van der Waals surface area contributed by atoms with E-state index in [1.807, 2.05) is 12.1 Å². The number of Topliss-reactive ketones (excluding diaryl/α,β-unsaturated/α-hetero) is 1. The van der Waals surface area contributed by atoms with Crippen molar-refractivity contribution in [1.29, 1.82) is 0 Å². The molecule has 2 atom stereocenters. The Hall–Kier alpha value is -2.66. The predicted octanol–water partition coefficient (Wildman–Crippen LogP) is 3.89. The fourth-order valence-electron chi connectivity index (χ4n) is 4.43. The van der Waals surface area contributed by atoms with Crippen molar-refractivity contribution in [3.8, 4) is 11.5 Å². The normalized spacial score (nSPS) is 25.9. The zero-order chi connectivity index (χ0) is 19.7. The van der Waals surface area contributed by atoms with Crippen molar-refractivity contribution in [3.05, 3.63) is 59.7 Å². The van der Waals surface area contributed by atoms with E-state index in [2.05, 4.69) is 17.1 Å². The van der Waals surface area contributed by atoms with Crippen LogP contribution in [0.5, 0.6) is 11.5 Å². The summed E-state index contributed by atoms with van der Waals surface area (Å²) in [6.07, 6.45) is 2.33. The van der Waals surface area contributed by atoms with Crippen molar-refractivity contribution in [2.24, 2.45) is 5.92 Å². The molecule has 0 spiro atoms. The molecule has 0 radical (unpaired) electrons. The topological polar surface area (TPSA) is 58.6 Å². The molecule has 2 aromatic rings. The predicted molar refractivity (Wildman–Crippen MR) is 108 cm³/mol. The molecule has 2 aromatic carbocycles. The minimum absolute atomic E-state index is 0.0405. The summed E-state index contributed by atoms with van der Waals surface area (Å²) in [4.78, 5) is 26.9. The molecule has 3 fully saturated rings. The Morgan fingerprint density at radius 1 is 1.04 bits per heavy atom. The van der Waals surface area contributed by atoms with Crippen LogP contribution in [0.4, 0.5) is 0 Å². The Morgan fingerprint density at radius 2 is 1.71 bits per heavy atom. The fraction of sp³-hybridized carbons (Fsp3) is 0.391. The molecule has 5 nitrogen and oxygen atoms in total. The highest BCUT2D eigenvalue weighted by Gasteiger charge is 2.40. The Bertz CT molecular complexity index is 868. The first-order valence-corrected chi connectivity index (χ1v) is 9.96. The Kier molecular flexibility index (Phi) is 5.18. The molecule has 2 unspecified atom stereocenters. The number of nitrogens with zero attached hydrogens (tertiary/aromatic N) is 1. The highest BCUT2D eigenvalue weighted by Crippen LogP contribution is 2.32. The molecule has 28 heavy (non-hydrogen) atoms. The van der Waals surface area contributed by atoms with Gasteiger partial charge in [0.15, 0.2) is 5.78 Å². The zero-order valence-corrected chi connectivity index (χ0v) is 16.4. The van der Waals surface area contributed by atoms with Gasteiger partial charge in [-0.05, 0) is 82.1 Å². The number of hydrogen-bond acceptors (Lipinski definition) is 4. The van der Waals surface area contributed by atoms with Crippen LogP contribution in [0.15, 0.2) is 48.5 Å². The summed E-state index contributed by atoms with van der Waals surface area (Å²) in [6.45, 7) is 6.02. The lowest BCUT2D eigenvalue weighted by atomic mass is 9.79. The quantitative estimate of drug-likeness (QED) is 0.802. The highest BCUT2D eigenvalue weighted by atomic mass is 16.5. The minimum atomic E-state index is -0.0433. The average molecular weight is 378 g/mol. The van der Waals surface area contributed by atoms with Gasteiger partial charge in [0.25, 0.3) is 5.91 Å². The Labute approximate surface area is 165 Å². The fourth-order valence-corrected chi connectivity index (χ4v) is 4.43. The van der Waals surface area contributed by atoms with Gasteiger partial charge >= 0.3 is 0 Å². The van der Waals surface area contributed by atoms with Crippen molar-refractivity contribution in [3.63, 3.8) is 0 Å². The standard InChI is InChI=1S/C23H26N2O3/c1-15-22(17-11-13-25(15)14-12-17)24-23(27)18-7-9-19(10-8-18)28-21-6-4-3-5-20(21)16(2)26/h3-10,15,17,22H,11-14H2,1-2H3,(H,24,27). The van der Waals surface area contributed by atoms with Crippen molar-refractivity contribution < 1.29 is 14.3 Å². The number of carbonyl (C=O) groups is 2. The molecule has 1 amide bonds. The van der Waals surface area contributed by atoms with Gasteiger partial charge in [-0.15, -0.1) is 0 Å². The molecule has 146 valence electrons. The summed E-state index contributed by atoms with van der Waals surface area (Å²) in [5, 5.41) is 3.24. The molecule has 2 bridgehead atoms. The van der Waals surface area contributed by atoms with Crippen LogP contribution in [0.25, 0.3) is 0 Å². The van der Waals surface area contributed by atoms with Crippen molar-refractivity contribution in [1.82, 2.24) is 10.2 Å². The third-order valence-corrected chi connectivity index (χ3v) is 6.09. The molecule has 0 aromatic heterocycles. The van der Waals surface area contributed by atoms with Gasteiger partial charge in [0, 0.05) is 17.6 Å². The summed E-state index contributed by atoms with van der Waals surface area (Å²) in [7, 11) is 0. The maximum atomic E-state index is 12.7. The van der Waals surface area contributed by atoms with E-state index in [1.165, 1.54) is 6.92 Å². The van der Waals surface area contributed by atoms with E-state index in [1.54, 1.807) is 36.4 Å². The van der Waals surface area contributed by atoms with Crippen LogP contribution >= 0.6 is 0 Å². The molecule has 0 aliphatic carbocycles. The van der Waals surface area contributed by atoms with Crippen molar-refractivity contribution in [2.45, 2.75) is 38.8 Å². The van der Waals surface area contributed by atoms with Crippen molar-refractivity contribution >= 4 is 11.7 Å². The molecule has 3 heterocycles. The molecule has 5 rings (SSSR count). The van der Waals surface area contributed by atoms with Gasteiger partial charge in [-0.3, -0.25) is 14.5 Å². The van der Waals surface area contributed by atoms with Crippen LogP contribution in [0.2, 0.25) is 0 Å². The van der Waals surface area contributed by atoms with E-state index in [9.17, 15) is 9.59 Å². The van der Waals surface area contributed by atoms with Crippen LogP contribution in [0, 0.1) is 5.92 Å². The molecule has 3 aliphatic rings. The number of benzene rings is 2. The van der Waals surface area contributed by atoms with E-state index in [0.29, 0.717) is 34.6 Å². The van der Waals surface area contributed by atoms with Gasteiger partial charge in [0.1, 0.15) is 11.5 Å². The first-order chi connectivity index (χ1) is 13.5. The van der Waals surface area contributed by atoms with Crippen molar-refractivity contribution in [2.75, 3.05) is 13.1 Å². The summed E-state index contributed by atoms with van der Waals surface area (Å²) >= 11 is 0. The van der Waals surface area contributed by atoms with Gasteiger partial charge in [-0.25, -0.2) is 0 Å². The second-order valence-corrected chi connectivity index (χ2v) is 7.79. The van der Waals surface area contributed by atoms with Gasteiger partial charge in [-0.2, -0.15) is 0 Å². The molecular weight excluding hydrogens is 352 g/mol. The lowest BCUT2D eigenvalue weighted by Crippen LogP contribution is -2.62. The number of hydrogen-bond donors (Lipinski definition) is 1.